The molecule has 0 atom stereocenters. The lowest BCUT2D eigenvalue weighted by atomic mass is 10.1. The summed E-state index contributed by atoms with van der Waals surface area (Å²) >= 11 is 9.89. The number of amides is 2. The first-order valence-corrected chi connectivity index (χ1v) is 12.0. The van der Waals surface area contributed by atoms with E-state index in [9.17, 15) is 24.8 Å². The molecule has 3 rings (SSSR count). The second kappa shape index (κ2) is 11.4. The van der Waals surface area contributed by atoms with Crippen LogP contribution in [0.15, 0.2) is 51.8 Å². The molecule has 1 aliphatic heterocycles. The monoisotopic (exact) mass is 549 g/mol. The van der Waals surface area contributed by atoms with Crippen molar-refractivity contribution in [1.82, 2.24) is 4.90 Å². The van der Waals surface area contributed by atoms with E-state index in [1.807, 2.05) is 0 Å². The molecular weight excluding hydrogens is 530 g/mol. The molecule has 2 N–H and O–H groups in total. The van der Waals surface area contributed by atoms with Crippen molar-refractivity contribution in [2.45, 2.75) is 25.7 Å². The van der Waals surface area contributed by atoms with Crippen LogP contribution in [0.1, 0.15) is 31.2 Å². The Bertz CT molecular complexity index is 1120. The minimum Gasteiger partial charge on any atom is -0.507 e. The quantitative estimate of drug-likeness (QED) is 0.140. The molecule has 1 saturated heterocycles. The van der Waals surface area contributed by atoms with Gasteiger partial charge in [0, 0.05) is 40.8 Å². The molecule has 0 unspecified atom stereocenters. The minimum absolute atomic E-state index is 0.0352. The number of halogens is 1. The normalized spacial score (nSPS) is 14.7. The summed E-state index contributed by atoms with van der Waals surface area (Å²) in [6.07, 6.45) is 3.98. The van der Waals surface area contributed by atoms with Crippen LogP contribution in [-0.4, -0.2) is 37.6 Å². The number of nitro groups is 1. The summed E-state index contributed by atoms with van der Waals surface area (Å²) in [4.78, 5) is 36.9. The second-order valence-electron chi connectivity index (χ2n) is 7.20. The number of hydrogen-bond acceptors (Lipinski definition) is 7. The lowest BCUT2D eigenvalue weighted by Gasteiger charge is -2.14. The fourth-order valence-electron chi connectivity index (χ4n) is 3.10. The fourth-order valence-corrected chi connectivity index (χ4v) is 4.78. The fraction of sp³-hybridized carbons (Fsp3) is 0.227. The number of carbonyl (C=O) groups excluding carboxylic acids is 2. The van der Waals surface area contributed by atoms with E-state index in [1.165, 1.54) is 40.9 Å². The van der Waals surface area contributed by atoms with E-state index in [4.69, 9.17) is 12.2 Å². The van der Waals surface area contributed by atoms with Crippen LogP contribution in [0.4, 0.5) is 11.4 Å². The first-order valence-electron chi connectivity index (χ1n) is 10.0. The van der Waals surface area contributed by atoms with E-state index in [-0.39, 0.29) is 23.3 Å². The Balaban J connectivity index is 1.43. The third-order valence-electron chi connectivity index (χ3n) is 4.80. The number of hydrogen-bond donors (Lipinski definition) is 2. The predicted octanol–water partition coefficient (Wildman–Crippen LogP) is 5.46. The highest BCUT2D eigenvalue weighted by atomic mass is 79.9. The largest absolute Gasteiger partial charge is 0.507 e. The maximum atomic E-state index is 12.7. The Morgan fingerprint density at radius 2 is 1.94 bits per heavy atom. The highest BCUT2D eigenvalue weighted by molar-refractivity contribution is 9.10. The van der Waals surface area contributed by atoms with Crippen LogP contribution in [0.5, 0.6) is 5.75 Å². The van der Waals surface area contributed by atoms with Crippen molar-refractivity contribution < 1.29 is 19.6 Å². The molecule has 0 bridgehead atoms. The summed E-state index contributed by atoms with van der Waals surface area (Å²) < 4.78 is 1.26. The number of carbonyl (C=O) groups is 2. The number of phenolic OH excluding ortho intramolecular Hbond substituents is 1. The molecular formula is C22H20BrN3O5S2. The SMILES string of the molecule is O=C(CCCCCN1C(=O)/C(=C/c2cc(Br)ccc2O)SC1=S)Nc1ccc([N+](=O)[O-])cc1. The van der Waals surface area contributed by atoms with Crippen LogP contribution >= 0.6 is 39.9 Å². The predicted molar refractivity (Wildman–Crippen MR) is 136 cm³/mol. The number of nitro benzene ring substituents is 1. The van der Waals surface area contributed by atoms with Gasteiger partial charge in [0.15, 0.2) is 0 Å². The summed E-state index contributed by atoms with van der Waals surface area (Å²) in [5, 5.41) is 23.4. The Kier molecular flexibility index (Phi) is 8.59. The number of unbranched alkanes of at least 4 members (excludes halogenated alkanes) is 2. The van der Waals surface area contributed by atoms with Gasteiger partial charge in [-0.05, 0) is 49.2 Å². The number of thiocarbonyl (C=S) groups is 1. The minimum atomic E-state index is -0.496. The van der Waals surface area contributed by atoms with Crippen molar-refractivity contribution in [1.29, 1.82) is 0 Å². The number of benzene rings is 2. The molecule has 2 aromatic carbocycles. The maximum absolute atomic E-state index is 12.7. The molecule has 1 fully saturated rings. The van der Waals surface area contributed by atoms with Crippen molar-refractivity contribution in [3.05, 3.63) is 67.5 Å². The third kappa shape index (κ3) is 6.86. The smallest absolute Gasteiger partial charge is 0.269 e. The number of aromatic hydroxyl groups is 1. The Morgan fingerprint density at radius 3 is 2.64 bits per heavy atom. The van der Waals surface area contributed by atoms with E-state index in [0.717, 1.165) is 10.9 Å². The van der Waals surface area contributed by atoms with E-state index < -0.39 is 4.92 Å². The van der Waals surface area contributed by atoms with Gasteiger partial charge in [-0.1, -0.05) is 46.3 Å². The average molecular weight is 550 g/mol. The first-order chi connectivity index (χ1) is 15.7. The van der Waals surface area contributed by atoms with Gasteiger partial charge in [-0.25, -0.2) is 0 Å². The molecule has 0 saturated carbocycles. The molecule has 11 heteroatoms. The van der Waals surface area contributed by atoms with Crippen LogP contribution in [0.3, 0.4) is 0 Å². The van der Waals surface area contributed by atoms with Crippen LogP contribution < -0.4 is 5.32 Å². The lowest BCUT2D eigenvalue weighted by molar-refractivity contribution is -0.384. The van der Waals surface area contributed by atoms with Gasteiger partial charge < -0.3 is 10.4 Å². The summed E-state index contributed by atoms with van der Waals surface area (Å²) in [6.45, 7) is 0.455. The first kappa shape index (κ1) is 24.9. The van der Waals surface area contributed by atoms with Gasteiger partial charge in [0.05, 0.1) is 9.83 Å². The topological polar surface area (TPSA) is 113 Å². The third-order valence-corrected chi connectivity index (χ3v) is 6.67. The van der Waals surface area contributed by atoms with Gasteiger partial charge in [0.25, 0.3) is 11.6 Å². The zero-order valence-electron chi connectivity index (χ0n) is 17.3. The van der Waals surface area contributed by atoms with Gasteiger partial charge >= 0.3 is 0 Å². The van der Waals surface area contributed by atoms with Crippen LogP contribution in [0.2, 0.25) is 0 Å². The number of anilines is 1. The van der Waals surface area contributed by atoms with Gasteiger partial charge in [0.1, 0.15) is 10.1 Å². The van der Waals surface area contributed by atoms with Gasteiger partial charge in [-0.15, -0.1) is 0 Å². The van der Waals surface area contributed by atoms with Crippen LogP contribution in [0.25, 0.3) is 6.08 Å². The molecule has 172 valence electrons. The number of phenols is 1. The molecule has 8 nitrogen and oxygen atoms in total. The zero-order valence-corrected chi connectivity index (χ0v) is 20.5. The Morgan fingerprint density at radius 1 is 1.21 bits per heavy atom. The summed E-state index contributed by atoms with van der Waals surface area (Å²) in [5.74, 6) is -0.290. The lowest BCUT2D eigenvalue weighted by Crippen LogP contribution is -2.29. The Labute approximate surface area is 208 Å². The van der Waals surface area contributed by atoms with Crippen LogP contribution in [0, 0.1) is 10.1 Å². The molecule has 0 aliphatic carbocycles. The van der Waals surface area contributed by atoms with E-state index in [2.05, 4.69) is 21.2 Å². The van der Waals surface area contributed by atoms with E-state index in [1.54, 1.807) is 24.3 Å². The molecule has 0 radical (unpaired) electrons. The van der Waals surface area contributed by atoms with Crippen molar-refractivity contribution in [2.24, 2.45) is 0 Å². The summed E-state index contributed by atoms with van der Waals surface area (Å²) in [6, 6.07) is 10.6. The number of non-ortho nitro benzene ring substituents is 1. The molecule has 0 spiro atoms. The molecule has 2 aromatic rings. The van der Waals surface area contributed by atoms with Crippen molar-refractivity contribution in [3.63, 3.8) is 0 Å². The van der Waals surface area contributed by atoms with Gasteiger partial charge in [-0.2, -0.15) is 0 Å². The van der Waals surface area contributed by atoms with Crippen LogP contribution in [-0.2, 0) is 9.59 Å². The van der Waals surface area contributed by atoms with Gasteiger partial charge in [-0.3, -0.25) is 24.6 Å². The summed E-state index contributed by atoms with van der Waals surface area (Å²) in [7, 11) is 0. The second-order valence-corrected chi connectivity index (χ2v) is 9.79. The zero-order chi connectivity index (χ0) is 24.0. The molecule has 1 aliphatic rings. The highest BCUT2D eigenvalue weighted by Crippen LogP contribution is 2.35. The molecule has 1 heterocycles. The highest BCUT2D eigenvalue weighted by Gasteiger charge is 2.31. The molecule has 2 amide bonds. The molecule has 33 heavy (non-hydrogen) atoms. The van der Waals surface area contributed by atoms with E-state index >= 15 is 0 Å². The number of nitrogens with zero attached hydrogens (tertiary/aromatic N) is 2. The van der Waals surface area contributed by atoms with Crippen molar-refractivity contribution in [3.8, 4) is 5.75 Å². The van der Waals surface area contributed by atoms with Gasteiger partial charge in [0.2, 0.25) is 5.91 Å². The number of rotatable bonds is 9. The maximum Gasteiger partial charge on any atom is 0.269 e. The summed E-state index contributed by atoms with van der Waals surface area (Å²) in [5.41, 5.74) is 1.00. The Hall–Kier alpha value is -2.76. The van der Waals surface area contributed by atoms with Crippen molar-refractivity contribution in [2.75, 3.05) is 11.9 Å². The molecule has 0 aromatic heterocycles. The van der Waals surface area contributed by atoms with Crippen molar-refractivity contribution >= 4 is 73.5 Å². The van der Waals surface area contributed by atoms with E-state index in [0.29, 0.717) is 46.3 Å². The standard InChI is InChI=1S/C22H20BrN3O5S2/c23-15-5-10-18(27)14(12-15)13-19-21(29)25(22(32)33-19)11-3-1-2-4-20(28)24-16-6-8-17(9-7-16)26(30)31/h5-10,12-13,27H,1-4,11H2,(H,24,28)/b19-13-. The average Bonchev–Trinajstić information content (AvgIpc) is 3.03. The number of thioether (sulfide) groups is 1. The number of nitrogens with one attached hydrogen (secondary N) is 1.